The Morgan fingerprint density at radius 3 is 2.83 bits per heavy atom. The van der Waals surface area contributed by atoms with Crippen molar-refractivity contribution in [1.82, 2.24) is 9.97 Å². The molecule has 1 aromatic carbocycles. The Balaban J connectivity index is 2.54. The molecule has 0 saturated carbocycles. The second-order valence-electron chi connectivity index (χ2n) is 3.47. The molecule has 92 valence electrons. The molecule has 1 heterocycles. The van der Waals surface area contributed by atoms with Crippen molar-refractivity contribution in [1.29, 1.82) is 0 Å². The van der Waals surface area contributed by atoms with Crippen molar-refractivity contribution in [3.8, 4) is 17.0 Å². The second kappa shape index (κ2) is 4.79. The molecule has 2 N–H and O–H groups in total. The van der Waals surface area contributed by atoms with Crippen molar-refractivity contribution in [3.05, 3.63) is 42.1 Å². The Labute approximate surface area is 102 Å². The fourth-order valence-corrected chi connectivity index (χ4v) is 1.50. The Morgan fingerprint density at radius 2 is 2.17 bits per heavy atom. The van der Waals surface area contributed by atoms with Gasteiger partial charge < -0.3 is 10.5 Å². The smallest absolute Gasteiger partial charge is 0.286 e. The third-order valence-corrected chi connectivity index (χ3v) is 2.32. The number of ether oxygens (including phenoxy) is 1. The zero-order valence-electron chi connectivity index (χ0n) is 9.55. The van der Waals surface area contributed by atoms with Crippen LogP contribution >= 0.6 is 0 Å². The summed E-state index contributed by atoms with van der Waals surface area (Å²) in [5.41, 5.74) is 6.10. The number of carbonyl (C=O) groups is 1. The van der Waals surface area contributed by atoms with Crippen molar-refractivity contribution < 1.29 is 13.9 Å². The third kappa shape index (κ3) is 2.27. The zero-order chi connectivity index (χ0) is 13.1. The molecule has 0 radical (unpaired) electrons. The van der Waals surface area contributed by atoms with E-state index in [2.05, 4.69) is 9.97 Å². The molecule has 0 atom stereocenters. The topological polar surface area (TPSA) is 78.1 Å². The van der Waals surface area contributed by atoms with E-state index >= 15 is 0 Å². The first-order valence-electron chi connectivity index (χ1n) is 5.08. The van der Waals surface area contributed by atoms with E-state index in [0.29, 0.717) is 17.0 Å². The highest BCUT2D eigenvalue weighted by Crippen LogP contribution is 2.28. The van der Waals surface area contributed by atoms with Crippen molar-refractivity contribution in [2.75, 3.05) is 7.11 Å². The largest absolute Gasteiger partial charge is 0.496 e. The van der Waals surface area contributed by atoms with Gasteiger partial charge in [0.25, 0.3) is 5.91 Å². The zero-order valence-corrected chi connectivity index (χ0v) is 9.55. The molecule has 0 saturated heterocycles. The van der Waals surface area contributed by atoms with E-state index in [1.165, 1.54) is 31.5 Å². The minimum atomic E-state index is -0.724. The van der Waals surface area contributed by atoms with Crippen LogP contribution in [0.1, 0.15) is 10.6 Å². The fraction of sp³-hybridized carbons (Fsp3) is 0.0833. The van der Waals surface area contributed by atoms with E-state index in [-0.39, 0.29) is 5.82 Å². The van der Waals surface area contributed by atoms with Gasteiger partial charge in [0.15, 0.2) is 0 Å². The Morgan fingerprint density at radius 1 is 1.39 bits per heavy atom. The number of nitrogens with two attached hydrogens (primary N) is 1. The van der Waals surface area contributed by atoms with Crippen LogP contribution in [0.3, 0.4) is 0 Å². The van der Waals surface area contributed by atoms with Gasteiger partial charge in [-0.15, -0.1) is 0 Å². The van der Waals surface area contributed by atoms with E-state index in [1.54, 1.807) is 6.07 Å². The predicted molar refractivity (Wildman–Crippen MR) is 62.5 cm³/mol. The molecular formula is C12H10FN3O2. The highest BCUT2D eigenvalue weighted by atomic mass is 19.1. The molecule has 0 aliphatic heterocycles. The summed E-state index contributed by atoms with van der Waals surface area (Å²) in [7, 11) is 1.43. The summed E-state index contributed by atoms with van der Waals surface area (Å²) in [4.78, 5) is 18.7. The van der Waals surface area contributed by atoms with Gasteiger partial charge in [0.1, 0.15) is 11.6 Å². The van der Waals surface area contributed by atoms with Crippen molar-refractivity contribution in [2.24, 2.45) is 5.73 Å². The van der Waals surface area contributed by atoms with Gasteiger partial charge in [-0.25, -0.2) is 14.4 Å². The van der Waals surface area contributed by atoms with Crippen LogP contribution in [0.5, 0.6) is 5.75 Å². The van der Waals surface area contributed by atoms with Crippen molar-refractivity contribution >= 4 is 5.91 Å². The molecule has 0 aliphatic carbocycles. The van der Waals surface area contributed by atoms with E-state index in [0.717, 1.165) is 0 Å². The average molecular weight is 247 g/mol. The molecule has 2 aromatic rings. The molecule has 18 heavy (non-hydrogen) atoms. The minimum Gasteiger partial charge on any atom is -0.496 e. The summed E-state index contributed by atoms with van der Waals surface area (Å²) in [6.45, 7) is 0. The monoisotopic (exact) mass is 247 g/mol. The number of benzene rings is 1. The van der Waals surface area contributed by atoms with E-state index < -0.39 is 11.7 Å². The number of rotatable bonds is 3. The predicted octanol–water partition coefficient (Wildman–Crippen LogP) is 1.39. The standard InChI is InChI=1S/C12H10FN3O2/c1-18-10-6-7(13)2-3-8(10)9-4-5-15-12(16-9)11(14)17/h2-6H,1H3,(H2,14,17). The maximum atomic E-state index is 13.1. The lowest BCUT2D eigenvalue weighted by Gasteiger charge is -2.08. The molecular weight excluding hydrogens is 237 g/mol. The lowest BCUT2D eigenvalue weighted by Crippen LogP contribution is -2.15. The van der Waals surface area contributed by atoms with Crippen LogP contribution in [0.15, 0.2) is 30.5 Å². The summed E-state index contributed by atoms with van der Waals surface area (Å²) in [5.74, 6) is -0.916. The van der Waals surface area contributed by atoms with Crippen LogP contribution in [0, 0.1) is 5.82 Å². The summed E-state index contributed by atoms with van der Waals surface area (Å²) in [6.07, 6.45) is 1.41. The van der Waals surface area contributed by atoms with Crippen LogP contribution in [-0.4, -0.2) is 23.0 Å². The molecule has 2 rings (SSSR count). The molecule has 0 unspecified atom stereocenters. The SMILES string of the molecule is COc1cc(F)ccc1-c1ccnc(C(N)=O)n1. The quantitative estimate of drug-likeness (QED) is 0.889. The van der Waals surface area contributed by atoms with Gasteiger partial charge in [-0.3, -0.25) is 4.79 Å². The van der Waals surface area contributed by atoms with Crippen molar-refractivity contribution in [2.45, 2.75) is 0 Å². The number of nitrogens with zero attached hydrogens (tertiary/aromatic N) is 2. The Hall–Kier alpha value is -2.50. The van der Waals surface area contributed by atoms with Crippen LogP contribution < -0.4 is 10.5 Å². The molecule has 0 aliphatic rings. The summed E-state index contributed by atoms with van der Waals surface area (Å²) < 4.78 is 18.1. The van der Waals surface area contributed by atoms with Gasteiger partial charge in [-0.1, -0.05) is 0 Å². The number of hydrogen-bond donors (Lipinski definition) is 1. The molecule has 0 bridgehead atoms. The van der Waals surface area contributed by atoms with Gasteiger partial charge in [0, 0.05) is 17.8 Å². The van der Waals surface area contributed by atoms with Gasteiger partial charge in [0.2, 0.25) is 5.82 Å². The summed E-state index contributed by atoms with van der Waals surface area (Å²) in [5, 5.41) is 0. The first-order valence-corrected chi connectivity index (χ1v) is 5.08. The lowest BCUT2D eigenvalue weighted by molar-refractivity contribution is 0.0990. The molecule has 0 fully saturated rings. The Kier molecular flexibility index (Phi) is 3.18. The first-order chi connectivity index (χ1) is 8.61. The fourth-order valence-electron chi connectivity index (χ4n) is 1.50. The molecule has 1 aromatic heterocycles. The maximum absolute atomic E-state index is 13.1. The number of aromatic nitrogens is 2. The minimum absolute atomic E-state index is 0.0983. The number of primary amides is 1. The van der Waals surface area contributed by atoms with Gasteiger partial charge in [-0.05, 0) is 18.2 Å². The Bertz CT molecular complexity index is 602. The van der Waals surface area contributed by atoms with E-state index in [9.17, 15) is 9.18 Å². The highest BCUT2D eigenvalue weighted by Gasteiger charge is 2.11. The van der Waals surface area contributed by atoms with Crippen LogP contribution in [-0.2, 0) is 0 Å². The highest BCUT2D eigenvalue weighted by molar-refractivity contribution is 5.89. The number of amides is 1. The number of carbonyl (C=O) groups excluding carboxylic acids is 1. The number of halogens is 1. The average Bonchev–Trinajstić information content (AvgIpc) is 2.38. The molecule has 0 spiro atoms. The van der Waals surface area contributed by atoms with E-state index in [1.807, 2.05) is 0 Å². The third-order valence-electron chi connectivity index (χ3n) is 2.32. The van der Waals surface area contributed by atoms with Gasteiger partial charge >= 0.3 is 0 Å². The number of methoxy groups -OCH3 is 1. The van der Waals surface area contributed by atoms with E-state index in [4.69, 9.17) is 10.5 Å². The molecule has 6 heteroatoms. The number of hydrogen-bond acceptors (Lipinski definition) is 4. The summed E-state index contributed by atoms with van der Waals surface area (Å²) >= 11 is 0. The second-order valence-corrected chi connectivity index (χ2v) is 3.47. The summed E-state index contributed by atoms with van der Waals surface area (Å²) in [6, 6.07) is 5.62. The normalized spacial score (nSPS) is 10.1. The lowest BCUT2D eigenvalue weighted by atomic mass is 10.1. The van der Waals surface area contributed by atoms with Crippen LogP contribution in [0.4, 0.5) is 4.39 Å². The molecule has 5 nitrogen and oxygen atoms in total. The van der Waals surface area contributed by atoms with Crippen LogP contribution in [0.2, 0.25) is 0 Å². The van der Waals surface area contributed by atoms with Gasteiger partial charge in [0.05, 0.1) is 12.8 Å². The van der Waals surface area contributed by atoms with Gasteiger partial charge in [-0.2, -0.15) is 0 Å². The maximum Gasteiger partial charge on any atom is 0.286 e. The first kappa shape index (κ1) is 12.0. The van der Waals surface area contributed by atoms with Crippen molar-refractivity contribution in [3.63, 3.8) is 0 Å². The van der Waals surface area contributed by atoms with Crippen LogP contribution in [0.25, 0.3) is 11.3 Å². The molecule has 1 amide bonds.